The molecule has 1 radical (unpaired) electrons. The third-order valence-corrected chi connectivity index (χ3v) is 2.59. The SMILES string of the molecule is CC.O=C(C1=CCCC=C1)c1cc[c-]cc1.[CH2-]CCC.[Y]. The first kappa shape index (κ1) is 22.8. The minimum atomic E-state index is 0. The zero-order chi connectivity index (χ0) is 15.2. The molecule has 0 spiro atoms. The number of benzene rings is 1. The number of hydrogen-bond donors (Lipinski definition) is 0. The molecule has 0 aromatic heterocycles. The molecule has 1 aliphatic carbocycles. The topological polar surface area (TPSA) is 17.1 Å². The molecule has 0 N–H and O–H groups in total. The van der Waals surface area contributed by atoms with Gasteiger partial charge in [-0.2, -0.15) is 36.8 Å². The second-order valence-electron chi connectivity index (χ2n) is 4.11. The molecule has 0 heterocycles. The van der Waals surface area contributed by atoms with Crippen LogP contribution in [0.5, 0.6) is 0 Å². The summed E-state index contributed by atoms with van der Waals surface area (Å²) in [5, 5.41) is 0. The van der Waals surface area contributed by atoms with Crippen LogP contribution in [0.1, 0.15) is 56.8 Å². The predicted molar refractivity (Wildman–Crippen MR) is 87.7 cm³/mol. The van der Waals surface area contributed by atoms with Crippen molar-refractivity contribution < 1.29 is 37.5 Å². The Bertz CT molecular complexity index is 416. The first-order valence-electron chi connectivity index (χ1n) is 7.46. The average Bonchev–Trinajstić information content (AvgIpc) is 2.58. The van der Waals surface area contributed by atoms with Crippen LogP contribution in [-0.4, -0.2) is 5.78 Å². The fourth-order valence-electron chi connectivity index (χ4n) is 1.49. The van der Waals surface area contributed by atoms with Crippen LogP contribution >= 0.6 is 0 Å². The minimum absolute atomic E-state index is 0. The van der Waals surface area contributed by atoms with Gasteiger partial charge in [0.15, 0.2) is 5.78 Å². The molecule has 2 heteroatoms. The monoisotopic (exact) mass is 359 g/mol. The van der Waals surface area contributed by atoms with Crippen molar-refractivity contribution in [3.8, 4) is 0 Å². The maximum absolute atomic E-state index is 11.9. The van der Waals surface area contributed by atoms with E-state index in [-0.39, 0.29) is 38.5 Å². The van der Waals surface area contributed by atoms with Gasteiger partial charge in [-0.05, 0) is 12.8 Å². The fraction of sp³-hybridized carbons (Fsp3) is 0.368. The Balaban J connectivity index is 0. The Morgan fingerprint density at radius 1 is 1.24 bits per heavy atom. The molecule has 1 aromatic rings. The summed E-state index contributed by atoms with van der Waals surface area (Å²) < 4.78 is 0. The molecule has 113 valence electrons. The number of hydrogen-bond acceptors (Lipinski definition) is 1. The summed E-state index contributed by atoms with van der Waals surface area (Å²) in [5.41, 5.74) is 1.55. The molecular weight excluding hydrogens is 333 g/mol. The number of Topliss-reactive ketones (excluding diaryl/α,β-unsaturated/α-hetero) is 1. The molecule has 0 saturated heterocycles. The molecule has 2 rings (SSSR count). The summed E-state index contributed by atoms with van der Waals surface area (Å²) >= 11 is 0. The van der Waals surface area contributed by atoms with Crippen LogP contribution in [0.4, 0.5) is 0 Å². The molecule has 1 nitrogen and oxygen atoms in total. The predicted octanol–water partition coefficient (Wildman–Crippen LogP) is 5.59. The number of ketones is 1. The van der Waals surface area contributed by atoms with Crippen LogP contribution < -0.4 is 0 Å². The Kier molecular flexibility index (Phi) is 17.2. The molecule has 21 heavy (non-hydrogen) atoms. The first-order valence-corrected chi connectivity index (χ1v) is 7.46. The van der Waals surface area contributed by atoms with Gasteiger partial charge in [-0.1, -0.05) is 51.0 Å². The van der Waals surface area contributed by atoms with E-state index in [0.29, 0.717) is 0 Å². The third kappa shape index (κ3) is 9.93. The van der Waals surface area contributed by atoms with Crippen molar-refractivity contribution in [2.45, 2.75) is 46.5 Å². The molecule has 0 bridgehead atoms. The van der Waals surface area contributed by atoms with Crippen molar-refractivity contribution in [2.75, 3.05) is 0 Å². The smallest absolute Gasteiger partial charge is 0.168 e. The second kappa shape index (κ2) is 15.9. The number of carbonyl (C=O) groups excluding carboxylic acids is 1. The van der Waals surface area contributed by atoms with Crippen molar-refractivity contribution in [3.05, 3.63) is 66.6 Å². The van der Waals surface area contributed by atoms with Crippen molar-refractivity contribution in [1.82, 2.24) is 0 Å². The number of unbranched alkanes of at least 4 members (excludes halogenated alkanes) is 1. The summed E-state index contributed by atoms with van der Waals surface area (Å²) in [4.78, 5) is 11.9. The van der Waals surface area contributed by atoms with E-state index in [4.69, 9.17) is 0 Å². The molecule has 1 aliphatic rings. The standard InChI is InChI=1S/C13H11O.C4H9.C2H6.Y/c14-13(11-7-3-1-4-8-11)12-9-5-2-6-10-12;1-3-4-2;1-2;/h3,5-10H,1,4H2;1,3-4H2,2H3;1-2H3;/q2*-1;;. The van der Waals surface area contributed by atoms with Gasteiger partial charge in [-0.25, -0.2) is 0 Å². The normalized spacial score (nSPS) is 11.7. The van der Waals surface area contributed by atoms with Gasteiger partial charge in [0.05, 0.1) is 0 Å². The van der Waals surface area contributed by atoms with Gasteiger partial charge >= 0.3 is 0 Å². The largest absolute Gasteiger partial charge is 0.343 e. The van der Waals surface area contributed by atoms with Crippen LogP contribution in [0.15, 0.2) is 48.1 Å². The van der Waals surface area contributed by atoms with E-state index < -0.39 is 0 Å². The summed E-state index contributed by atoms with van der Waals surface area (Å²) in [5.74, 6) is 0.106. The quantitative estimate of drug-likeness (QED) is 0.508. The Morgan fingerprint density at radius 2 is 1.81 bits per heavy atom. The molecule has 0 unspecified atom stereocenters. The van der Waals surface area contributed by atoms with Gasteiger partial charge in [-0.3, -0.25) is 4.79 Å². The van der Waals surface area contributed by atoms with Gasteiger partial charge in [0.2, 0.25) is 0 Å². The van der Waals surface area contributed by atoms with E-state index in [1.165, 1.54) is 6.42 Å². The average molecular weight is 359 g/mol. The van der Waals surface area contributed by atoms with Gasteiger partial charge in [0.1, 0.15) is 0 Å². The van der Waals surface area contributed by atoms with E-state index in [1.54, 1.807) is 24.3 Å². The van der Waals surface area contributed by atoms with E-state index in [2.05, 4.69) is 19.9 Å². The number of carbonyl (C=O) groups is 1. The summed E-state index contributed by atoms with van der Waals surface area (Å²) in [6, 6.07) is 10.0. The molecule has 0 aliphatic heterocycles. The summed E-state index contributed by atoms with van der Waals surface area (Å²) in [6.07, 6.45) is 10.2. The van der Waals surface area contributed by atoms with Crippen molar-refractivity contribution in [1.29, 1.82) is 0 Å². The first-order chi connectivity index (χ1) is 9.79. The Morgan fingerprint density at radius 3 is 2.24 bits per heavy atom. The van der Waals surface area contributed by atoms with Crippen LogP contribution in [0, 0.1) is 13.0 Å². The van der Waals surface area contributed by atoms with Crippen LogP contribution in [-0.2, 0) is 32.7 Å². The number of allylic oxidation sites excluding steroid dienone is 4. The molecule has 0 fully saturated rings. The van der Waals surface area contributed by atoms with Crippen molar-refractivity contribution >= 4 is 5.78 Å². The zero-order valence-electron chi connectivity index (χ0n) is 13.6. The Hall–Kier alpha value is -0.526. The molecule has 0 saturated carbocycles. The van der Waals surface area contributed by atoms with Gasteiger partial charge in [0.25, 0.3) is 0 Å². The van der Waals surface area contributed by atoms with Gasteiger partial charge in [-0.15, -0.1) is 0 Å². The van der Waals surface area contributed by atoms with Crippen molar-refractivity contribution in [2.24, 2.45) is 0 Å². The van der Waals surface area contributed by atoms with Crippen LogP contribution in [0.25, 0.3) is 0 Å². The summed E-state index contributed by atoms with van der Waals surface area (Å²) in [6.45, 7) is 9.72. The van der Waals surface area contributed by atoms with Gasteiger partial charge in [0, 0.05) is 38.3 Å². The third-order valence-electron chi connectivity index (χ3n) is 2.59. The Labute approximate surface area is 155 Å². The number of rotatable bonds is 3. The minimum Gasteiger partial charge on any atom is -0.343 e. The van der Waals surface area contributed by atoms with E-state index in [1.807, 2.05) is 32.1 Å². The van der Waals surface area contributed by atoms with Crippen LogP contribution in [0.3, 0.4) is 0 Å². The zero-order valence-corrected chi connectivity index (χ0v) is 16.4. The van der Waals surface area contributed by atoms with Crippen LogP contribution in [0.2, 0.25) is 0 Å². The molecule has 1 aromatic carbocycles. The van der Waals surface area contributed by atoms with Gasteiger partial charge < -0.3 is 6.92 Å². The molecular formula is C19H26OY-2. The fourth-order valence-corrected chi connectivity index (χ4v) is 1.49. The van der Waals surface area contributed by atoms with E-state index in [0.717, 1.165) is 30.4 Å². The van der Waals surface area contributed by atoms with Crippen molar-refractivity contribution in [3.63, 3.8) is 0 Å². The molecule has 0 amide bonds. The van der Waals surface area contributed by atoms with E-state index >= 15 is 0 Å². The maximum Gasteiger partial charge on any atom is 0.168 e. The second-order valence-corrected chi connectivity index (χ2v) is 4.11. The summed E-state index contributed by atoms with van der Waals surface area (Å²) in [7, 11) is 0. The maximum atomic E-state index is 11.9. The van der Waals surface area contributed by atoms with E-state index in [9.17, 15) is 4.79 Å². The molecule has 0 atom stereocenters.